The van der Waals surface area contributed by atoms with Crippen LogP contribution in [0.15, 0.2) is 0 Å². The fraction of sp³-hybridized carbons (Fsp3) is 0.727. The number of aromatic nitrogens is 2. The molecule has 0 radical (unpaired) electrons. The first-order valence-corrected chi connectivity index (χ1v) is 5.53. The van der Waals surface area contributed by atoms with Crippen LogP contribution in [0.1, 0.15) is 37.1 Å². The van der Waals surface area contributed by atoms with Crippen molar-refractivity contribution in [1.82, 2.24) is 9.97 Å². The normalized spacial score (nSPS) is 17.6. The molecule has 3 heteroatoms. The molecule has 0 bridgehead atoms. The van der Waals surface area contributed by atoms with Crippen LogP contribution in [0.2, 0.25) is 0 Å². The Kier molecular flexibility index (Phi) is 2.75. The minimum absolute atomic E-state index is 0.877. The topological polar surface area (TPSA) is 40.7 Å². The van der Waals surface area contributed by atoms with E-state index < -0.39 is 0 Å². The highest BCUT2D eigenvalue weighted by atomic mass is 15.1. The number of hydrogen-bond acceptors (Lipinski definition) is 2. The average molecular weight is 193 g/mol. The van der Waals surface area contributed by atoms with Crippen LogP contribution >= 0.6 is 0 Å². The molecule has 1 aromatic rings. The van der Waals surface area contributed by atoms with Crippen LogP contribution in [0.3, 0.4) is 0 Å². The fourth-order valence-electron chi connectivity index (χ4n) is 2.30. The van der Waals surface area contributed by atoms with Gasteiger partial charge in [-0.1, -0.05) is 25.7 Å². The molecule has 3 nitrogen and oxygen atoms in total. The van der Waals surface area contributed by atoms with Gasteiger partial charge in [-0.25, -0.2) is 4.98 Å². The summed E-state index contributed by atoms with van der Waals surface area (Å²) in [6.07, 6.45) is 6.76. The Hall–Kier alpha value is -0.990. The SMILES string of the molecule is CNc1nc(CC2CCCC2)c(C)[nH]1. The van der Waals surface area contributed by atoms with E-state index in [-0.39, 0.29) is 0 Å². The maximum Gasteiger partial charge on any atom is 0.200 e. The Morgan fingerprint density at radius 1 is 1.43 bits per heavy atom. The maximum absolute atomic E-state index is 4.53. The molecular weight excluding hydrogens is 174 g/mol. The van der Waals surface area contributed by atoms with Gasteiger partial charge < -0.3 is 10.3 Å². The van der Waals surface area contributed by atoms with E-state index >= 15 is 0 Å². The largest absolute Gasteiger partial charge is 0.359 e. The van der Waals surface area contributed by atoms with Gasteiger partial charge in [-0.2, -0.15) is 0 Å². The van der Waals surface area contributed by atoms with Crippen LogP contribution in [-0.4, -0.2) is 17.0 Å². The lowest BCUT2D eigenvalue weighted by atomic mass is 10.0. The van der Waals surface area contributed by atoms with Crippen molar-refractivity contribution in [1.29, 1.82) is 0 Å². The van der Waals surface area contributed by atoms with Gasteiger partial charge in [0.05, 0.1) is 5.69 Å². The van der Waals surface area contributed by atoms with Crippen LogP contribution in [0, 0.1) is 12.8 Å². The van der Waals surface area contributed by atoms with Crippen LogP contribution in [0.25, 0.3) is 0 Å². The zero-order chi connectivity index (χ0) is 9.97. The summed E-state index contributed by atoms with van der Waals surface area (Å²) in [5, 5.41) is 3.05. The van der Waals surface area contributed by atoms with Crippen LogP contribution in [0.4, 0.5) is 5.95 Å². The Morgan fingerprint density at radius 2 is 2.14 bits per heavy atom. The number of hydrogen-bond donors (Lipinski definition) is 2. The first-order chi connectivity index (χ1) is 6.79. The van der Waals surface area contributed by atoms with Gasteiger partial charge in [-0.15, -0.1) is 0 Å². The molecule has 2 rings (SSSR count). The highest BCUT2D eigenvalue weighted by Gasteiger charge is 2.18. The Bertz CT molecular complexity index is 297. The predicted octanol–water partition coefficient (Wildman–Crippen LogP) is 2.49. The zero-order valence-electron chi connectivity index (χ0n) is 9.06. The number of aryl methyl sites for hydroxylation is 1. The molecule has 1 aliphatic carbocycles. The summed E-state index contributed by atoms with van der Waals surface area (Å²) < 4.78 is 0. The Morgan fingerprint density at radius 3 is 2.71 bits per heavy atom. The number of rotatable bonds is 3. The molecule has 1 saturated carbocycles. The van der Waals surface area contributed by atoms with Gasteiger partial charge >= 0.3 is 0 Å². The van der Waals surface area contributed by atoms with Gasteiger partial charge in [0, 0.05) is 12.7 Å². The molecule has 0 unspecified atom stereocenters. The van der Waals surface area contributed by atoms with Gasteiger partial charge in [0.2, 0.25) is 0 Å². The van der Waals surface area contributed by atoms with Crippen molar-refractivity contribution in [3.8, 4) is 0 Å². The minimum atomic E-state index is 0.877. The third kappa shape index (κ3) is 1.91. The summed E-state index contributed by atoms with van der Waals surface area (Å²) in [6.45, 7) is 2.11. The van der Waals surface area contributed by atoms with E-state index in [1.807, 2.05) is 7.05 Å². The molecule has 0 aromatic carbocycles. The highest BCUT2D eigenvalue weighted by Crippen LogP contribution is 2.28. The molecule has 2 N–H and O–H groups in total. The van der Waals surface area contributed by atoms with E-state index in [0.29, 0.717) is 0 Å². The molecule has 0 saturated heterocycles. The number of nitrogens with one attached hydrogen (secondary N) is 2. The Balaban J connectivity index is 2.03. The summed E-state index contributed by atoms with van der Waals surface area (Å²) >= 11 is 0. The van der Waals surface area contributed by atoms with Crippen molar-refractivity contribution >= 4 is 5.95 Å². The van der Waals surface area contributed by atoms with Crippen molar-refractivity contribution in [3.05, 3.63) is 11.4 Å². The summed E-state index contributed by atoms with van der Waals surface area (Å²) in [7, 11) is 1.90. The smallest absolute Gasteiger partial charge is 0.200 e. The van der Waals surface area contributed by atoms with Gasteiger partial charge in [0.25, 0.3) is 0 Å². The van der Waals surface area contributed by atoms with Crippen molar-refractivity contribution in [2.75, 3.05) is 12.4 Å². The van der Waals surface area contributed by atoms with Crippen molar-refractivity contribution in [2.24, 2.45) is 5.92 Å². The van der Waals surface area contributed by atoms with E-state index in [2.05, 4.69) is 22.2 Å². The molecule has 1 aliphatic rings. The zero-order valence-corrected chi connectivity index (χ0v) is 9.06. The fourth-order valence-corrected chi connectivity index (χ4v) is 2.30. The second-order valence-corrected chi connectivity index (χ2v) is 4.26. The van der Waals surface area contributed by atoms with Crippen molar-refractivity contribution in [2.45, 2.75) is 39.0 Å². The molecule has 0 aliphatic heterocycles. The first kappa shape index (κ1) is 9.56. The molecule has 14 heavy (non-hydrogen) atoms. The number of aromatic amines is 1. The van der Waals surface area contributed by atoms with E-state index in [4.69, 9.17) is 0 Å². The molecule has 1 heterocycles. The lowest BCUT2D eigenvalue weighted by molar-refractivity contribution is 0.539. The Labute approximate surface area is 85.3 Å². The first-order valence-electron chi connectivity index (χ1n) is 5.53. The van der Waals surface area contributed by atoms with Gasteiger partial charge in [-0.3, -0.25) is 0 Å². The molecule has 0 amide bonds. The number of nitrogens with zero attached hydrogens (tertiary/aromatic N) is 1. The predicted molar refractivity (Wildman–Crippen MR) is 58.5 cm³/mol. The van der Waals surface area contributed by atoms with Crippen LogP contribution in [-0.2, 0) is 6.42 Å². The van der Waals surface area contributed by atoms with Crippen LogP contribution < -0.4 is 5.32 Å². The lowest BCUT2D eigenvalue weighted by Crippen LogP contribution is -2.00. The van der Waals surface area contributed by atoms with Gasteiger partial charge in [0.1, 0.15) is 0 Å². The molecule has 1 aromatic heterocycles. The quantitative estimate of drug-likeness (QED) is 0.774. The number of imidazole rings is 1. The monoisotopic (exact) mass is 193 g/mol. The average Bonchev–Trinajstić information content (AvgIpc) is 2.78. The molecular formula is C11H19N3. The van der Waals surface area contributed by atoms with Crippen LogP contribution in [0.5, 0.6) is 0 Å². The van der Waals surface area contributed by atoms with Crippen molar-refractivity contribution < 1.29 is 0 Å². The molecule has 78 valence electrons. The summed E-state index contributed by atoms with van der Waals surface area (Å²) in [6, 6.07) is 0. The third-order valence-electron chi connectivity index (χ3n) is 3.18. The molecule has 1 fully saturated rings. The van der Waals surface area contributed by atoms with Gasteiger partial charge in [-0.05, 0) is 19.3 Å². The summed E-state index contributed by atoms with van der Waals surface area (Å²) in [4.78, 5) is 7.77. The summed E-state index contributed by atoms with van der Waals surface area (Å²) in [5.41, 5.74) is 2.47. The minimum Gasteiger partial charge on any atom is -0.359 e. The lowest BCUT2D eigenvalue weighted by Gasteiger charge is -2.06. The van der Waals surface area contributed by atoms with E-state index in [9.17, 15) is 0 Å². The second-order valence-electron chi connectivity index (χ2n) is 4.26. The number of anilines is 1. The third-order valence-corrected chi connectivity index (χ3v) is 3.18. The van der Waals surface area contributed by atoms with E-state index in [1.165, 1.54) is 37.1 Å². The highest BCUT2D eigenvalue weighted by molar-refractivity contribution is 5.30. The van der Waals surface area contributed by atoms with Gasteiger partial charge in [0.15, 0.2) is 5.95 Å². The second kappa shape index (κ2) is 4.03. The summed E-state index contributed by atoms with van der Waals surface area (Å²) in [5.74, 6) is 1.78. The number of H-pyrrole nitrogens is 1. The van der Waals surface area contributed by atoms with E-state index in [0.717, 1.165) is 18.3 Å². The molecule has 0 atom stereocenters. The standard InChI is InChI=1S/C11H19N3/c1-8-10(14-11(12-2)13-8)7-9-5-3-4-6-9/h9H,3-7H2,1-2H3,(H2,12,13,14). The maximum atomic E-state index is 4.53. The molecule has 0 spiro atoms. The van der Waals surface area contributed by atoms with E-state index in [1.54, 1.807) is 0 Å². The van der Waals surface area contributed by atoms with Crippen molar-refractivity contribution in [3.63, 3.8) is 0 Å².